The van der Waals surface area contributed by atoms with E-state index in [1.165, 1.54) is 12.3 Å². The van der Waals surface area contributed by atoms with E-state index in [-0.39, 0.29) is 0 Å². The van der Waals surface area contributed by atoms with Crippen molar-refractivity contribution in [2.75, 3.05) is 12.1 Å². The number of halogens is 3. The molecular weight excluding hydrogens is 271 g/mol. The number of hydrogen-bond acceptors (Lipinski definition) is 5. The molecule has 0 amide bonds. The molecule has 106 valence electrons. The van der Waals surface area contributed by atoms with Crippen LogP contribution in [0.25, 0.3) is 0 Å². The summed E-state index contributed by atoms with van der Waals surface area (Å²) in [4.78, 5) is 11.4. The Hall–Kier alpha value is -2.22. The maximum Gasteiger partial charge on any atom is 0.433 e. The summed E-state index contributed by atoms with van der Waals surface area (Å²) < 4.78 is 37.1. The highest BCUT2D eigenvalue weighted by Gasteiger charge is 2.31. The van der Waals surface area contributed by atoms with E-state index >= 15 is 0 Å². The van der Waals surface area contributed by atoms with Gasteiger partial charge in [0.2, 0.25) is 5.95 Å². The SMILES string of the molecule is CN(NCc1ccc(C(F)(F)F)nc1)c1ncccn1. The molecule has 2 rings (SSSR count). The number of alkyl halides is 3. The van der Waals surface area contributed by atoms with E-state index < -0.39 is 11.9 Å². The number of pyridine rings is 1. The number of anilines is 1. The van der Waals surface area contributed by atoms with Gasteiger partial charge in [-0.1, -0.05) is 6.07 Å². The maximum absolute atomic E-state index is 12.4. The molecule has 2 aromatic rings. The Balaban J connectivity index is 1.94. The summed E-state index contributed by atoms with van der Waals surface area (Å²) in [7, 11) is 1.72. The first-order valence-corrected chi connectivity index (χ1v) is 5.73. The Morgan fingerprint density at radius 1 is 1.15 bits per heavy atom. The van der Waals surface area contributed by atoms with Gasteiger partial charge in [0.05, 0.1) is 0 Å². The molecule has 1 N–H and O–H groups in total. The highest BCUT2D eigenvalue weighted by molar-refractivity contribution is 5.25. The van der Waals surface area contributed by atoms with Gasteiger partial charge in [0.15, 0.2) is 0 Å². The highest BCUT2D eigenvalue weighted by atomic mass is 19.4. The monoisotopic (exact) mass is 283 g/mol. The van der Waals surface area contributed by atoms with Crippen molar-refractivity contribution >= 4 is 5.95 Å². The van der Waals surface area contributed by atoms with E-state index in [0.717, 1.165) is 6.07 Å². The first kappa shape index (κ1) is 14.2. The van der Waals surface area contributed by atoms with Gasteiger partial charge in [-0.15, -0.1) is 0 Å². The summed E-state index contributed by atoms with van der Waals surface area (Å²) >= 11 is 0. The van der Waals surface area contributed by atoms with Crippen LogP contribution in [-0.2, 0) is 12.7 Å². The third kappa shape index (κ3) is 3.64. The molecule has 0 spiro atoms. The van der Waals surface area contributed by atoms with Gasteiger partial charge in [-0.2, -0.15) is 13.2 Å². The number of nitrogens with one attached hydrogen (secondary N) is 1. The minimum absolute atomic E-state index is 0.319. The van der Waals surface area contributed by atoms with Crippen LogP contribution >= 0.6 is 0 Å². The molecule has 5 nitrogen and oxygen atoms in total. The van der Waals surface area contributed by atoms with Crippen LogP contribution < -0.4 is 10.4 Å². The molecular formula is C12H12F3N5. The van der Waals surface area contributed by atoms with Gasteiger partial charge in [-0.3, -0.25) is 9.99 Å². The van der Waals surface area contributed by atoms with Crippen LogP contribution in [0, 0.1) is 0 Å². The van der Waals surface area contributed by atoms with Crippen LogP contribution in [-0.4, -0.2) is 22.0 Å². The van der Waals surface area contributed by atoms with E-state index in [0.29, 0.717) is 18.1 Å². The molecule has 0 aliphatic heterocycles. The van der Waals surface area contributed by atoms with Crippen molar-refractivity contribution in [3.63, 3.8) is 0 Å². The predicted octanol–water partition coefficient (Wildman–Crippen LogP) is 2.03. The lowest BCUT2D eigenvalue weighted by Gasteiger charge is -2.17. The van der Waals surface area contributed by atoms with Gasteiger partial charge in [0.25, 0.3) is 0 Å². The van der Waals surface area contributed by atoms with Crippen LogP contribution in [0.15, 0.2) is 36.8 Å². The first-order chi connectivity index (χ1) is 9.47. The molecule has 0 fully saturated rings. The normalized spacial score (nSPS) is 11.4. The van der Waals surface area contributed by atoms with Crippen LogP contribution in [0.2, 0.25) is 0 Å². The molecule has 8 heteroatoms. The number of nitrogens with zero attached hydrogens (tertiary/aromatic N) is 4. The van der Waals surface area contributed by atoms with E-state index in [9.17, 15) is 13.2 Å². The van der Waals surface area contributed by atoms with E-state index in [4.69, 9.17) is 0 Å². The summed E-state index contributed by atoms with van der Waals surface area (Å²) in [5, 5.41) is 1.58. The van der Waals surface area contributed by atoms with Crippen molar-refractivity contribution in [3.8, 4) is 0 Å². The quantitative estimate of drug-likeness (QED) is 0.870. The Kier molecular flexibility index (Phi) is 4.14. The topological polar surface area (TPSA) is 53.9 Å². The number of aromatic nitrogens is 3. The molecule has 0 unspecified atom stereocenters. The molecule has 0 aromatic carbocycles. The van der Waals surface area contributed by atoms with Crippen molar-refractivity contribution in [2.24, 2.45) is 0 Å². The van der Waals surface area contributed by atoms with Gasteiger partial charge in [-0.25, -0.2) is 15.4 Å². The fraction of sp³-hybridized carbons (Fsp3) is 0.250. The van der Waals surface area contributed by atoms with Crippen molar-refractivity contribution in [2.45, 2.75) is 12.7 Å². The predicted molar refractivity (Wildman–Crippen MR) is 66.5 cm³/mol. The number of hydrogen-bond donors (Lipinski definition) is 1. The third-order valence-corrected chi connectivity index (χ3v) is 2.49. The summed E-state index contributed by atoms with van der Waals surface area (Å²) in [5.74, 6) is 0.465. The Labute approximate surface area is 113 Å². The molecule has 0 saturated carbocycles. The second kappa shape index (κ2) is 5.83. The Morgan fingerprint density at radius 3 is 2.40 bits per heavy atom. The lowest BCUT2D eigenvalue weighted by molar-refractivity contribution is -0.141. The van der Waals surface area contributed by atoms with Crippen molar-refractivity contribution < 1.29 is 13.2 Å². The van der Waals surface area contributed by atoms with Gasteiger partial charge >= 0.3 is 6.18 Å². The van der Waals surface area contributed by atoms with Gasteiger partial charge in [0.1, 0.15) is 5.69 Å². The maximum atomic E-state index is 12.4. The van der Waals surface area contributed by atoms with Gasteiger partial charge in [-0.05, 0) is 17.7 Å². The molecule has 20 heavy (non-hydrogen) atoms. The van der Waals surface area contributed by atoms with Crippen molar-refractivity contribution in [1.29, 1.82) is 0 Å². The zero-order valence-corrected chi connectivity index (χ0v) is 10.6. The summed E-state index contributed by atoms with van der Waals surface area (Å²) in [6, 6.07) is 4.02. The standard InChI is InChI=1S/C12H12F3N5/c1-20(11-16-5-2-6-17-11)19-8-9-3-4-10(18-7-9)12(13,14)15/h2-7,19H,8H2,1H3. The Bertz CT molecular complexity index is 541. The minimum Gasteiger partial charge on any atom is -0.279 e. The molecule has 0 atom stereocenters. The second-order valence-electron chi connectivity index (χ2n) is 3.99. The molecule has 2 aromatic heterocycles. The molecule has 0 aliphatic rings. The fourth-order valence-electron chi connectivity index (χ4n) is 1.44. The van der Waals surface area contributed by atoms with Gasteiger partial charge in [0, 0.05) is 32.2 Å². The van der Waals surface area contributed by atoms with Crippen molar-refractivity contribution in [3.05, 3.63) is 48.0 Å². The average molecular weight is 283 g/mol. The molecule has 0 radical (unpaired) electrons. The smallest absolute Gasteiger partial charge is 0.279 e. The molecule has 0 bridgehead atoms. The fourth-order valence-corrected chi connectivity index (χ4v) is 1.44. The van der Waals surface area contributed by atoms with E-state index in [2.05, 4.69) is 20.4 Å². The summed E-state index contributed by atoms with van der Waals surface area (Å²) in [5.41, 5.74) is 2.68. The molecule has 2 heterocycles. The van der Waals surface area contributed by atoms with E-state index in [1.807, 2.05) is 0 Å². The summed E-state index contributed by atoms with van der Waals surface area (Å²) in [6.45, 7) is 0.319. The lowest BCUT2D eigenvalue weighted by atomic mass is 10.2. The molecule has 0 aliphatic carbocycles. The van der Waals surface area contributed by atoms with Gasteiger partial charge < -0.3 is 0 Å². The average Bonchev–Trinajstić information content (AvgIpc) is 2.45. The van der Waals surface area contributed by atoms with Crippen molar-refractivity contribution in [1.82, 2.24) is 20.4 Å². The molecule has 0 saturated heterocycles. The third-order valence-electron chi connectivity index (χ3n) is 2.49. The largest absolute Gasteiger partial charge is 0.433 e. The van der Waals surface area contributed by atoms with Crippen LogP contribution in [0.4, 0.5) is 19.1 Å². The highest BCUT2D eigenvalue weighted by Crippen LogP contribution is 2.27. The van der Waals surface area contributed by atoms with E-state index in [1.54, 1.807) is 30.5 Å². The van der Waals surface area contributed by atoms with Crippen LogP contribution in [0.3, 0.4) is 0 Å². The number of hydrazine groups is 1. The zero-order chi connectivity index (χ0) is 14.6. The lowest BCUT2D eigenvalue weighted by Crippen LogP contribution is -2.35. The second-order valence-corrected chi connectivity index (χ2v) is 3.99. The first-order valence-electron chi connectivity index (χ1n) is 5.73. The summed E-state index contributed by atoms with van der Waals surface area (Å²) in [6.07, 6.45) is -0.0312. The van der Waals surface area contributed by atoms with Crippen LogP contribution in [0.5, 0.6) is 0 Å². The number of rotatable bonds is 4. The minimum atomic E-state index is -4.42. The van der Waals surface area contributed by atoms with Crippen LogP contribution in [0.1, 0.15) is 11.3 Å². The zero-order valence-electron chi connectivity index (χ0n) is 10.6. The Morgan fingerprint density at radius 2 is 1.85 bits per heavy atom.